The molecule has 2 saturated carbocycles. The lowest BCUT2D eigenvalue weighted by Gasteiger charge is -2.40. The quantitative estimate of drug-likeness (QED) is 0.645. The molecule has 3 fully saturated rings. The van der Waals surface area contributed by atoms with E-state index in [1.807, 2.05) is 0 Å². The molecule has 0 unspecified atom stereocenters. The van der Waals surface area contributed by atoms with Crippen molar-refractivity contribution in [2.75, 3.05) is 13.2 Å². The van der Waals surface area contributed by atoms with Gasteiger partial charge in [-0.2, -0.15) is 8.78 Å². The fraction of sp³-hybridized carbons (Fsp3) is 0.900. The van der Waals surface area contributed by atoms with Crippen LogP contribution in [-0.4, -0.2) is 19.5 Å². The van der Waals surface area contributed by atoms with Crippen molar-refractivity contribution in [3.05, 3.63) is 12.2 Å². The molecule has 0 amide bonds. The standard InChI is InChI=1S/C20H32F2O2/c1-14-2-7-16(8-3-14)18-12-23-20(24-13-18)17-9-4-15(5-10-17)6-11-19(21)22/h11,14-18,20H,2-10,12-13H2,1H3. The zero-order valence-corrected chi connectivity index (χ0v) is 14.9. The molecule has 4 heteroatoms. The van der Waals surface area contributed by atoms with Gasteiger partial charge in [-0.05, 0) is 68.8 Å². The van der Waals surface area contributed by atoms with E-state index in [4.69, 9.17) is 9.47 Å². The molecule has 0 aromatic carbocycles. The number of halogens is 2. The molecule has 0 aromatic rings. The fourth-order valence-corrected chi connectivity index (χ4v) is 4.79. The SMILES string of the molecule is CC1CCC(C2COC(C3CCC(CC=C(F)F)CC3)OC2)CC1. The molecular weight excluding hydrogens is 310 g/mol. The van der Waals surface area contributed by atoms with E-state index in [9.17, 15) is 8.78 Å². The van der Waals surface area contributed by atoms with Crippen LogP contribution in [0.15, 0.2) is 12.2 Å². The van der Waals surface area contributed by atoms with Crippen molar-refractivity contribution in [2.24, 2.45) is 29.6 Å². The summed E-state index contributed by atoms with van der Waals surface area (Å²) in [5, 5.41) is 0. The third kappa shape index (κ3) is 5.01. The van der Waals surface area contributed by atoms with Gasteiger partial charge in [0.2, 0.25) is 0 Å². The van der Waals surface area contributed by atoms with E-state index in [1.54, 1.807) is 0 Å². The Morgan fingerprint density at radius 2 is 1.42 bits per heavy atom. The summed E-state index contributed by atoms with van der Waals surface area (Å²) in [4.78, 5) is 0. The Balaban J connectivity index is 1.37. The molecule has 0 aromatic heterocycles. The van der Waals surface area contributed by atoms with E-state index >= 15 is 0 Å². The summed E-state index contributed by atoms with van der Waals surface area (Å²) in [6, 6.07) is 0. The van der Waals surface area contributed by atoms with Gasteiger partial charge in [0.1, 0.15) is 0 Å². The number of rotatable bonds is 4. The van der Waals surface area contributed by atoms with Crippen molar-refractivity contribution in [2.45, 2.75) is 71.0 Å². The van der Waals surface area contributed by atoms with Crippen LogP contribution in [0.4, 0.5) is 8.78 Å². The van der Waals surface area contributed by atoms with E-state index in [2.05, 4.69) is 6.92 Å². The first kappa shape index (κ1) is 18.3. The average molecular weight is 342 g/mol. The van der Waals surface area contributed by atoms with Crippen LogP contribution in [0.5, 0.6) is 0 Å². The highest BCUT2D eigenvalue weighted by molar-refractivity contribution is 4.86. The highest BCUT2D eigenvalue weighted by atomic mass is 19.3. The van der Waals surface area contributed by atoms with Crippen molar-refractivity contribution in [1.82, 2.24) is 0 Å². The predicted octanol–water partition coefficient (Wildman–Crippen LogP) is 5.78. The highest BCUT2D eigenvalue weighted by Gasteiger charge is 2.35. The third-order valence-corrected chi connectivity index (χ3v) is 6.56. The number of ether oxygens (including phenoxy) is 2. The van der Waals surface area contributed by atoms with Gasteiger partial charge in [0.05, 0.1) is 13.2 Å². The molecule has 0 spiro atoms. The van der Waals surface area contributed by atoms with Crippen molar-refractivity contribution in [3.63, 3.8) is 0 Å². The Morgan fingerprint density at radius 1 is 0.833 bits per heavy atom. The van der Waals surface area contributed by atoms with Crippen LogP contribution in [0.1, 0.15) is 64.7 Å². The molecule has 0 radical (unpaired) electrons. The first-order valence-corrected chi connectivity index (χ1v) is 9.86. The average Bonchev–Trinajstić information content (AvgIpc) is 2.61. The van der Waals surface area contributed by atoms with Gasteiger partial charge in [-0.25, -0.2) is 0 Å². The van der Waals surface area contributed by atoms with Gasteiger partial charge in [-0.15, -0.1) is 0 Å². The summed E-state index contributed by atoms with van der Waals surface area (Å²) in [7, 11) is 0. The Labute approximate surface area is 145 Å². The highest BCUT2D eigenvalue weighted by Crippen LogP contribution is 2.39. The fourth-order valence-electron chi connectivity index (χ4n) is 4.79. The first-order valence-electron chi connectivity index (χ1n) is 9.86. The first-order chi connectivity index (χ1) is 11.6. The van der Waals surface area contributed by atoms with Gasteiger partial charge in [-0.1, -0.05) is 19.8 Å². The van der Waals surface area contributed by atoms with Crippen molar-refractivity contribution < 1.29 is 18.3 Å². The zero-order valence-electron chi connectivity index (χ0n) is 14.9. The van der Waals surface area contributed by atoms with E-state index in [0.29, 0.717) is 24.2 Å². The molecule has 24 heavy (non-hydrogen) atoms. The van der Waals surface area contributed by atoms with Crippen LogP contribution in [0, 0.1) is 29.6 Å². The predicted molar refractivity (Wildman–Crippen MR) is 90.7 cm³/mol. The second-order valence-electron chi connectivity index (χ2n) is 8.33. The maximum absolute atomic E-state index is 12.2. The molecular formula is C20H32F2O2. The van der Waals surface area contributed by atoms with Gasteiger partial charge in [0, 0.05) is 11.8 Å². The maximum atomic E-state index is 12.2. The number of allylic oxidation sites excluding steroid dienone is 1. The van der Waals surface area contributed by atoms with E-state index < -0.39 is 6.08 Å². The van der Waals surface area contributed by atoms with Crippen LogP contribution in [0.2, 0.25) is 0 Å². The summed E-state index contributed by atoms with van der Waals surface area (Å²) < 4.78 is 36.6. The largest absolute Gasteiger partial charge is 0.352 e. The smallest absolute Gasteiger partial charge is 0.266 e. The van der Waals surface area contributed by atoms with E-state index in [1.165, 1.54) is 25.7 Å². The van der Waals surface area contributed by atoms with Crippen LogP contribution in [-0.2, 0) is 9.47 Å². The number of hydrogen-bond donors (Lipinski definition) is 0. The topological polar surface area (TPSA) is 18.5 Å². The van der Waals surface area contributed by atoms with Gasteiger partial charge in [0.25, 0.3) is 6.08 Å². The molecule has 138 valence electrons. The van der Waals surface area contributed by atoms with Crippen LogP contribution in [0.3, 0.4) is 0 Å². The van der Waals surface area contributed by atoms with Gasteiger partial charge in [-0.3, -0.25) is 0 Å². The number of hydrogen-bond acceptors (Lipinski definition) is 2. The Hall–Kier alpha value is -0.480. The summed E-state index contributed by atoms with van der Waals surface area (Å²) in [5.74, 6) is 3.09. The van der Waals surface area contributed by atoms with Crippen molar-refractivity contribution in [3.8, 4) is 0 Å². The molecule has 3 rings (SSSR count). The van der Waals surface area contributed by atoms with Crippen LogP contribution >= 0.6 is 0 Å². The van der Waals surface area contributed by atoms with E-state index in [0.717, 1.165) is 56.8 Å². The molecule has 1 aliphatic heterocycles. The van der Waals surface area contributed by atoms with Crippen molar-refractivity contribution >= 4 is 0 Å². The monoisotopic (exact) mass is 342 g/mol. The second-order valence-corrected chi connectivity index (χ2v) is 8.33. The summed E-state index contributed by atoms with van der Waals surface area (Å²) >= 11 is 0. The lowest BCUT2D eigenvalue weighted by molar-refractivity contribution is -0.237. The summed E-state index contributed by atoms with van der Waals surface area (Å²) in [6.07, 6.45) is 9.47. The van der Waals surface area contributed by atoms with Gasteiger partial charge in [0.15, 0.2) is 6.29 Å². The zero-order chi connectivity index (χ0) is 16.9. The molecule has 0 atom stereocenters. The Kier molecular flexibility index (Phi) is 6.68. The minimum absolute atomic E-state index is 0.0573. The maximum Gasteiger partial charge on any atom is 0.266 e. The summed E-state index contributed by atoms with van der Waals surface area (Å²) in [6.45, 7) is 4.05. The molecule has 2 aliphatic carbocycles. The summed E-state index contributed by atoms with van der Waals surface area (Å²) in [5.41, 5.74) is 0. The molecule has 1 heterocycles. The Bertz CT molecular complexity index is 398. The van der Waals surface area contributed by atoms with Gasteiger partial charge < -0.3 is 9.47 Å². The van der Waals surface area contributed by atoms with Crippen LogP contribution < -0.4 is 0 Å². The molecule has 0 N–H and O–H groups in total. The van der Waals surface area contributed by atoms with Crippen molar-refractivity contribution in [1.29, 1.82) is 0 Å². The van der Waals surface area contributed by atoms with Gasteiger partial charge >= 0.3 is 0 Å². The van der Waals surface area contributed by atoms with Crippen LogP contribution in [0.25, 0.3) is 0 Å². The third-order valence-electron chi connectivity index (χ3n) is 6.56. The molecule has 0 bridgehead atoms. The minimum Gasteiger partial charge on any atom is -0.352 e. The lowest BCUT2D eigenvalue weighted by Crippen LogP contribution is -2.41. The molecule has 2 nitrogen and oxygen atoms in total. The minimum atomic E-state index is -1.54. The molecule has 1 saturated heterocycles. The second kappa shape index (κ2) is 8.75. The molecule has 3 aliphatic rings. The Morgan fingerprint density at radius 3 is 2.00 bits per heavy atom. The normalized spacial score (nSPS) is 41.0. The lowest BCUT2D eigenvalue weighted by atomic mass is 9.76. The van der Waals surface area contributed by atoms with E-state index in [-0.39, 0.29) is 6.29 Å².